The van der Waals surface area contributed by atoms with E-state index in [1.165, 1.54) is 37.4 Å². The number of hydrogen-bond acceptors (Lipinski definition) is 4. The highest BCUT2D eigenvalue weighted by atomic mass is 32.2. The molecule has 0 heterocycles. The quantitative estimate of drug-likeness (QED) is 0.808. The van der Waals surface area contributed by atoms with Gasteiger partial charge in [-0.25, -0.2) is 12.7 Å². The highest BCUT2D eigenvalue weighted by molar-refractivity contribution is 7.89. The zero-order valence-corrected chi connectivity index (χ0v) is 17.4. The number of anilines is 1. The highest BCUT2D eigenvalue weighted by Gasteiger charge is 2.24. The molecule has 0 unspecified atom stereocenters. The molecular weight excluding hydrogens is 374 g/mol. The summed E-state index contributed by atoms with van der Waals surface area (Å²) in [5, 5.41) is 2.85. The van der Waals surface area contributed by atoms with Gasteiger partial charge in [-0.2, -0.15) is 0 Å². The summed E-state index contributed by atoms with van der Waals surface area (Å²) in [7, 11) is 1.48. The number of rotatable bonds is 6. The van der Waals surface area contributed by atoms with Crippen molar-refractivity contribution in [1.82, 2.24) is 9.21 Å². The lowest BCUT2D eigenvalue weighted by molar-refractivity contribution is -0.117. The number of likely N-dealkylation sites (N-methyl/N-ethyl adjacent to an activating group) is 1. The molecule has 1 aliphatic rings. The Kier molecular flexibility index (Phi) is 6.17. The summed E-state index contributed by atoms with van der Waals surface area (Å²) < 4.78 is 25.4. The van der Waals surface area contributed by atoms with Crippen LogP contribution in [0.2, 0.25) is 0 Å². The van der Waals surface area contributed by atoms with E-state index in [0.29, 0.717) is 5.69 Å². The van der Waals surface area contributed by atoms with E-state index in [-0.39, 0.29) is 23.4 Å². The summed E-state index contributed by atoms with van der Waals surface area (Å²) in [6, 6.07) is 14.9. The zero-order chi connectivity index (χ0) is 20.3. The van der Waals surface area contributed by atoms with Crippen LogP contribution in [0.5, 0.6) is 0 Å². The SMILES string of the molecule is CN(CC(=O)Nc1ccc(S(=O)(=O)N(C)C)cc1)[C@@H]1CCCc2ccccc21. The van der Waals surface area contributed by atoms with Crippen molar-refractivity contribution in [2.45, 2.75) is 30.2 Å². The van der Waals surface area contributed by atoms with Crippen LogP contribution in [-0.2, 0) is 21.2 Å². The van der Waals surface area contributed by atoms with Gasteiger partial charge in [0, 0.05) is 25.8 Å². The van der Waals surface area contributed by atoms with Crippen molar-refractivity contribution in [3.05, 3.63) is 59.7 Å². The Labute approximate surface area is 167 Å². The highest BCUT2D eigenvalue weighted by Crippen LogP contribution is 2.33. The minimum atomic E-state index is -3.47. The topological polar surface area (TPSA) is 69.7 Å². The monoisotopic (exact) mass is 401 g/mol. The molecule has 28 heavy (non-hydrogen) atoms. The van der Waals surface area contributed by atoms with Gasteiger partial charge in [-0.15, -0.1) is 0 Å². The van der Waals surface area contributed by atoms with E-state index in [1.807, 2.05) is 13.1 Å². The van der Waals surface area contributed by atoms with Gasteiger partial charge in [0.1, 0.15) is 0 Å². The maximum absolute atomic E-state index is 12.5. The summed E-state index contributed by atoms with van der Waals surface area (Å²) in [5.74, 6) is -0.117. The molecule has 2 aromatic rings. The maximum atomic E-state index is 12.5. The van der Waals surface area contributed by atoms with Crippen LogP contribution in [-0.4, -0.2) is 51.2 Å². The second-order valence-electron chi connectivity index (χ2n) is 7.38. The third-order valence-corrected chi connectivity index (χ3v) is 7.01. The van der Waals surface area contributed by atoms with Crippen molar-refractivity contribution in [3.63, 3.8) is 0 Å². The summed E-state index contributed by atoms with van der Waals surface area (Å²) in [5.41, 5.74) is 3.26. The van der Waals surface area contributed by atoms with Crippen molar-refractivity contribution in [1.29, 1.82) is 0 Å². The lowest BCUT2D eigenvalue weighted by Gasteiger charge is -2.32. The van der Waals surface area contributed by atoms with Gasteiger partial charge in [-0.1, -0.05) is 24.3 Å². The molecule has 1 N–H and O–H groups in total. The molecule has 1 atom stereocenters. The molecule has 0 bridgehead atoms. The van der Waals surface area contributed by atoms with Crippen molar-refractivity contribution < 1.29 is 13.2 Å². The number of benzene rings is 2. The Morgan fingerprint density at radius 2 is 1.75 bits per heavy atom. The number of amides is 1. The van der Waals surface area contributed by atoms with E-state index in [2.05, 4.69) is 28.4 Å². The molecule has 0 radical (unpaired) electrons. The Balaban J connectivity index is 1.63. The largest absolute Gasteiger partial charge is 0.325 e. The third-order valence-electron chi connectivity index (χ3n) is 5.18. The molecule has 3 rings (SSSR count). The van der Waals surface area contributed by atoms with Crippen LogP contribution in [0.15, 0.2) is 53.4 Å². The fraction of sp³-hybridized carbons (Fsp3) is 0.381. The first-order chi connectivity index (χ1) is 13.3. The van der Waals surface area contributed by atoms with E-state index in [1.54, 1.807) is 12.1 Å². The van der Waals surface area contributed by atoms with Crippen LogP contribution < -0.4 is 5.32 Å². The van der Waals surface area contributed by atoms with Crippen LogP contribution in [0.1, 0.15) is 30.0 Å². The zero-order valence-electron chi connectivity index (χ0n) is 16.6. The van der Waals surface area contributed by atoms with E-state index < -0.39 is 10.0 Å². The number of nitrogens with one attached hydrogen (secondary N) is 1. The maximum Gasteiger partial charge on any atom is 0.242 e. The van der Waals surface area contributed by atoms with Crippen molar-refractivity contribution >= 4 is 21.6 Å². The third kappa shape index (κ3) is 4.43. The predicted octanol–water partition coefficient (Wildman–Crippen LogP) is 2.88. The molecule has 7 heteroatoms. The van der Waals surface area contributed by atoms with Gasteiger partial charge in [0.05, 0.1) is 11.4 Å². The first-order valence-corrected chi connectivity index (χ1v) is 10.8. The number of carbonyl (C=O) groups is 1. The lowest BCUT2D eigenvalue weighted by Crippen LogP contribution is -2.34. The fourth-order valence-corrected chi connectivity index (χ4v) is 4.55. The second-order valence-corrected chi connectivity index (χ2v) is 9.53. The molecule has 1 amide bonds. The molecule has 0 aromatic heterocycles. The minimum absolute atomic E-state index is 0.117. The Bertz CT molecular complexity index is 940. The Morgan fingerprint density at radius 1 is 1.07 bits per heavy atom. The van der Waals surface area contributed by atoms with Crippen molar-refractivity contribution in [2.24, 2.45) is 0 Å². The molecule has 0 saturated heterocycles. The molecule has 0 aliphatic heterocycles. The van der Waals surface area contributed by atoms with Gasteiger partial charge >= 0.3 is 0 Å². The molecule has 2 aromatic carbocycles. The number of nitrogens with zero attached hydrogens (tertiary/aromatic N) is 2. The van der Waals surface area contributed by atoms with Gasteiger partial charge in [-0.05, 0) is 61.7 Å². The Hall–Kier alpha value is -2.22. The number of sulfonamides is 1. The Morgan fingerprint density at radius 3 is 2.43 bits per heavy atom. The molecule has 0 saturated carbocycles. The number of aryl methyl sites for hydroxylation is 1. The summed E-state index contributed by atoms with van der Waals surface area (Å²) >= 11 is 0. The van der Waals surface area contributed by atoms with Crippen LogP contribution in [0.4, 0.5) is 5.69 Å². The number of fused-ring (bicyclic) bond motifs is 1. The molecule has 6 nitrogen and oxygen atoms in total. The lowest BCUT2D eigenvalue weighted by atomic mass is 9.87. The van der Waals surface area contributed by atoms with E-state index >= 15 is 0 Å². The van der Waals surface area contributed by atoms with Gasteiger partial charge in [0.2, 0.25) is 15.9 Å². The van der Waals surface area contributed by atoms with Crippen molar-refractivity contribution in [3.8, 4) is 0 Å². The first kappa shape index (κ1) is 20.5. The molecule has 150 valence electrons. The average Bonchev–Trinajstić information content (AvgIpc) is 2.67. The van der Waals surface area contributed by atoms with Crippen LogP contribution >= 0.6 is 0 Å². The standard InChI is InChI=1S/C21H27N3O3S/c1-23(2)28(26,27)18-13-11-17(12-14-18)22-21(25)15-24(3)20-10-6-8-16-7-4-5-9-19(16)20/h4-5,7,9,11-14,20H,6,8,10,15H2,1-3H3,(H,22,25)/t20-/m1/s1. The first-order valence-electron chi connectivity index (χ1n) is 9.39. The molecular formula is C21H27N3O3S. The molecule has 0 fully saturated rings. The van der Waals surface area contributed by atoms with Crippen LogP contribution in [0.25, 0.3) is 0 Å². The van der Waals surface area contributed by atoms with Crippen molar-refractivity contribution in [2.75, 3.05) is 33.0 Å². The van der Waals surface area contributed by atoms with Gasteiger partial charge in [-0.3, -0.25) is 9.69 Å². The van der Waals surface area contributed by atoms with E-state index in [9.17, 15) is 13.2 Å². The number of hydrogen-bond donors (Lipinski definition) is 1. The molecule has 0 spiro atoms. The fourth-order valence-electron chi connectivity index (χ4n) is 3.64. The summed E-state index contributed by atoms with van der Waals surface area (Å²) in [6.45, 7) is 0.275. The predicted molar refractivity (Wildman–Crippen MR) is 111 cm³/mol. The normalized spacial score (nSPS) is 16.8. The van der Waals surface area contributed by atoms with E-state index in [0.717, 1.165) is 23.6 Å². The van der Waals surface area contributed by atoms with Crippen LogP contribution in [0, 0.1) is 0 Å². The van der Waals surface area contributed by atoms with E-state index in [4.69, 9.17) is 0 Å². The average molecular weight is 402 g/mol. The minimum Gasteiger partial charge on any atom is -0.325 e. The molecule has 1 aliphatic carbocycles. The number of carbonyl (C=O) groups excluding carboxylic acids is 1. The second kappa shape index (κ2) is 8.43. The van der Waals surface area contributed by atoms with Gasteiger partial charge in [0.25, 0.3) is 0 Å². The van der Waals surface area contributed by atoms with Crippen LogP contribution in [0.3, 0.4) is 0 Å². The summed E-state index contributed by atoms with van der Waals surface area (Å²) in [4.78, 5) is 14.8. The van der Waals surface area contributed by atoms with Gasteiger partial charge < -0.3 is 5.32 Å². The van der Waals surface area contributed by atoms with Gasteiger partial charge in [0.15, 0.2) is 0 Å². The summed E-state index contributed by atoms with van der Waals surface area (Å²) in [6.07, 6.45) is 3.25. The smallest absolute Gasteiger partial charge is 0.242 e.